The highest BCUT2D eigenvalue weighted by Crippen LogP contribution is 2.29. The Morgan fingerprint density at radius 1 is 1.40 bits per heavy atom. The number of halogens is 1. The van der Waals surface area contributed by atoms with Gasteiger partial charge in [-0.2, -0.15) is 0 Å². The molecule has 0 aliphatic carbocycles. The van der Waals surface area contributed by atoms with Crippen molar-refractivity contribution >= 4 is 23.5 Å². The third kappa shape index (κ3) is 1.57. The van der Waals surface area contributed by atoms with Crippen LogP contribution >= 0.6 is 11.6 Å². The molecule has 1 aliphatic rings. The van der Waals surface area contributed by atoms with Gasteiger partial charge in [-0.05, 0) is 24.6 Å². The van der Waals surface area contributed by atoms with Crippen molar-refractivity contribution in [2.24, 2.45) is 10.7 Å². The summed E-state index contributed by atoms with van der Waals surface area (Å²) >= 11 is 5.77. The molecule has 0 spiro atoms. The number of nitrogens with two attached hydrogens (primary N) is 1. The lowest BCUT2D eigenvalue weighted by atomic mass is 9.93. The molecule has 1 aliphatic heterocycles. The van der Waals surface area contributed by atoms with Crippen LogP contribution in [0.15, 0.2) is 29.3 Å². The van der Waals surface area contributed by atoms with Crippen LogP contribution in [0.3, 0.4) is 0 Å². The predicted molar refractivity (Wildman–Crippen MR) is 58.6 cm³/mol. The van der Waals surface area contributed by atoms with E-state index < -0.39 is 5.54 Å². The monoisotopic (exact) mass is 223 g/mol. The number of nitrogens with one attached hydrogen (secondary N) is 1. The largest absolute Gasteiger partial charge is 0.370 e. The van der Waals surface area contributed by atoms with Crippen molar-refractivity contribution in [3.05, 3.63) is 34.9 Å². The molecule has 1 aromatic carbocycles. The van der Waals surface area contributed by atoms with Crippen LogP contribution in [0.25, 0.3) is 0 Å². The quantitative estimate of drug-likeness (QED) is 0.746. The molecule has 0 fully saturated rings. The Kier molecular flexibility index (Phi) is 2.16. The van der Waals surface area contributed by atoms with Crippen LogP contribution in [0.4, 0.5) is 0 Å². The first-order chi connectivity index (χ1) is 7.02. The number of aliphatic imine (C=N–C) groups is 1. The molecule has 15 heavy (non-hydrogen) atoms. The highest BCUT2D eigenvalue weighted by molar-refractivity contribution is 6.30. The number of rotatable bonds is 1. The molecule has 4 nitrogen and oxygen atoms in total. The number of carbonyl (C=O) groups excluding carboxylic acids is 1. The first-order valence-corrected chi connectivity index (χ1v) is 4.83. The van der Waals surface area contributed by atoms with Crippen molar-refractivity contribution in [2.75, 3.05) is 0 Å². The van der Waals surface area contributed by atoms with Gasteiger partial charge in [-0.3, -0.25) is 10.1 Å². The molecular weight excluding hydrogens is 214 g/mol. The van der Waals surface area contributed by atoms with Gasteiger partial charge in [0.2, 0.25) is 0 Å². The van der Waals surface area contributed by atoms with Gasteiger partial charge in [-0.15, -0.1) is 0 Å². The van der Waals surface area contributed by atoms with Gasteiger partial charge < -0.3 is 5.73 Å². The summed E-state index contributed by atoms with van der Waals surface area (Å²) in [7, 11) is 0. The highest BCUT2D eigenvalue weighted by Gasteiger charge is 2.39. The van der Waals surface area contributed by atoms with E-state index in [0.29, 0.717) is 5.02 Å². The summed E-state index contributed by atoms with van der Waals surface area (Å²) in [4.78, 5) is 15.7. The molecule has 1 atom stereocenters. The zero-order valence-electron chi connectivity index (χ0n) is 8.12. The van der Waals surface area contributed by atoms with Crippen LogP contribution in [0, 0.1) is 0 Å². The van der Waals surface area contributed by atoms with E-state index in [1.165, 1.54) is 0 Å². The number of hydrogen-bond acceptors (Lipinski definition) is 3. The topological polar surface area (TPSA) is 67.5 Å². The molecule has 0 radical (unpaired) electrons. The second-order valence-corrected chi connectivity index (χ2v) is 3.97. The predicted octanol–water partition coefficient (Wildman–Crippen LogP) is 1.000. The van der Waals surface area contributed by atoms with Crippen molar-refractivity contribution in [3.8, 4) is 0 Å². The third-order valence-electron chi connectivity index (χ3n) is 2.43. The molecule has 0 bridgehead atoms. The van der Waals surface area contributed by atoms with Crippen LogP contribution in [0.1, 0.15) is 12.5 Å². The fourth-order valence-electron chi connectivity index (χ4n) is 1.53. The molecule has 5 heteroatoms. The van der Waals surface area contributed by atoms with Crippen molar-refractivity contribution < 1.29 is 4.79 Å². The molecular formula is C10H10ClN3O. The Hall–Kier alpha value is -1.55. The van der Waals surface area contributed by atoms with Gasteiger partial charge in [0.05, 0.1) is 0 Å². The molecule has 1 heterocycles. The van der Waals surface area contributed by atoms with Crippen molar-refractivity contribution in [1.29, 1.82) is 0 Å². The first-order valence-electron chi connectivity index (χ1n) is 4.45. The number of hydrogen-bond donors (Lipinski definition) is 2. The number of carbonyl (C=O) groups is 1. The van der Waals surface area contributed by atoms with Gasteiger partial charge in [-0.25, -0.2) is 4.99 Å². The lowest BCUT2D eigenvalue weighted by molar-refractivity contribution is -0.123. The van der Waals surface area contributed by atoms with E-state index in [4.69, 9.17) is 17.3 Å². The summed E-state index contributed by atoms with van der Waals surface area (Å²) in [6.45, 7) is 1.71. The van der Waals surface area contributed by atoms with E-state index in [-0.39, 0.29) is 11.9 Å². The molecule has 3 N–H and O–H groups in total. The maximum Gasteiger partial charge on any atom is 0.259 e. The zero-order chi connectivity index (χ0) is 11.1. The lowest BCUT2D eigenvalue weighted by Crippen LogP contribution is -2.37. The molecule has 78 valence electrons. The van der Waals surface area contributed by atoms with Gasteiger partial charge in [0, 0.05) is 5.02 Å². The maximum atomic E-state index is 11.7. The van der Waals surface area contributed by atoms with E-state index >= 15 is 0 Å². The van der Waals surface area contributed by atoms with Crippen molar-refractivity contribution in [2.45, 2.75) is 12.5 Å². The second kappa shape index (κ2) is 3.24. The van der Waals surface area contributed by atoms with E-state index in [1.54, 1.807) is 31.2 Å². The van der Waals surface area contributed by atoms with E-state index in [0.717, 1.165) is 5.56 Å². The highest BCUT2D eigenvalue weighted by atomic mass is 35.5. The number of amides is 1. The average molecular weight is 224 g/mol. The number of nitrogens with zero attached hydrogens (tertiary/aromatic N) is 1. The summed E-state index contributed by atoms with van der Waals surface area (Å²) in [6, 6.07) is 6.98. The van der Waals surface area contributed by atoms with E-state index in [2.05, 4.69) is 10.3 Å². The van der Waals surface area contributed by atoms with Crippen LogP contribution in [0.2, 0.25) is 5.02 Å². The minimum absolute atomic E-state index is 0.150. The van der Waals surface area contributed by atoms with Gasteiger partial charge in [0.15, 0.2) is 11.5 Å². The van der Waals surface area contributed by atoms with Gasteiger partial charge in [-0.1, -0.05) is 23.7 Å². The second-order valence-electron chi connectivity index (χ2n) is 3.53. The Labute approximate surface area is 92.1 Å². The summed E-state index contributed by atoms with van der Waals surface area (Å²) in [6.07, 6.45) is 0. The normalized spacial score (nSPS) is 24.9. The van der Waals surface area contributed by atoms with E-state index in [1.807, 2.05) is 0 Å². The van der Waals surface area contributed by atoms with Crippen LogP contribution in [0.5, 0.6) is 0 Å². The molecule has 2 rings (SSSR count). The van der Waals surface area contributed by atoms with Crippen LogP contribution in [-0.4, -0.2) is 11.9 Å². The molecule has 0 saturated heterocycles. The average Bonchev–Trinajstić information content (AvgIpc) is 2.42. The first kappa shape index (κ1) is 9.98. The van der Waals surface area contributed by atoms with E-state index in [9.17, 15) is 4.79 Å². The molecule has 0 saturated carbocycles. The van der Waals surface area contributed by atoms with Gasteiger partial charge in [0.25, 0.3) is 5.91 Å². The molecule has 1 amide bonds. The SMILES string of the molecule is CC1(c2ccc(Cl)cc2)N=C(N)NC1=O. The minimum atomic E-state index is -0.936. The van der Waals surface area contributed by atoms with Crippen LogP contribution in [-0.2, 0) is 10.3 Å². The number of guanidine groups is 1. The Morgan fingerprint density at radius 2 is 2.00 bits per heavy atom. The summed E-state index contributed by atoms with van der Waals surface area (Å²) < 4.78 is 0. The van der Waals surface area contributed by atoms with Gasteiger partial charge >= 0.3 is 0 Å². The van der Waals surface area contributed by atoms with Crippen molar-refractivity contribution in [3.63, 3.8) is 0 Å². The van der Waals surface area contributed by atoms with Crippen molar-refractivity contribution in [1.82, 2.24) is 5.32 Å². The summed E-state index contributed by atoms with van der Waals surface area (Å²) in [5, 5.41) is 3.10. The zero-order valence-corrected chi connectivity index (χ0v) is 8.88. The molecule has 1 aromatic rings. The van der Waals surface area contributed by atoms with Crippen LogP contribution < -0.4 is 11.1 Å². The summed E-state index contributed by atoms with van der Waals surface area (Å²) in [5.41, 5.74) is 5.29. The fourth-order valence-corrected chi connectivity index (χ4v) is 1.65. The fraction of sp³-hybridized carbons (Fsp3) is 0.200. The lowest BCUT2D eigenvalue weighted by Gasteiger charge is -2.17. The van der Waals surface area contributed by atoms with Gasteiger partial charge in [0.1, 0.15) is 0 Å². The Morgan fingerprint density at radius 3 is 2.47 bits per heavy atom. The Bertz CT molecular complexity index is 440. The molecule has 1 unspecified atom stereocenters. The smallest absolute Gasteiger partial charge is 0.259 e. The standard InChI is InChI=1S/C10H10ClN3O/c1-10(8(15)13-9(12)14-10)6-2-4-7(11)5-3-6/h2-5H,1H3,(H3,12,13,14,15). The minimum Gasteiger partial charge on any atom is -0.370 e. The Balaban J connectivity index is 2.46. The third-order valence-corrected chi connectivity index (χ3v) is 2.69. The summed E-state index contributed by atoms with van der Waals surface area (Å²) in [5.74, 6) is -0.0697. The maximum absolute atomic E-state index is 11.7. The number of benzene rings is 1. The molecule has 0 aromatic heterocycles.